The highest BCUT2D eigenvalue weighted by Gasteiger charge is 2.14. The molecule has 0 aromatic heterocycles. The van der Waals surface area contributed by atoms with Gasteiger partial charge in [0.1, 0.15) is 0 Å². The van der Waals surface area contributed by atoms with E-state index in [9.17, 15) is 9.59 Å². The van der Waals surface area contributed by atoms with Gasteiger partial charge < -0.3 is 10.1 Å². The molecule has 5 heteroatoms. The molecular formula is C20H22BrNO3. The number of carbonyl (C=O) groups excluding carboxylic acids is 2. The summed E-state index contributed by atoms with van der Waals surface area (Å²) in [6.45, 7) is 3.76. The topological polar surface area (TPSA) is 55.4 Å². The monoisotopic (exact) mass is 403 g/mol. The molecule has 2 rings (SSSR count). The molecule has 0 fully saturated rings. The highest BCUT2D eigenvalue weighted by Crippen LogP contribution is 2.17. The maximum absolute atomic E-state index is 12.1. The SMILES string of the molecule is CC[C@@H](NC(=O)COC(=O)Cc1ccc(Br)cc1)c1ccc(C)cc1. The van der Waals surface area contributed by atoms with Crippen LogP contribution < -0.4 is 5.32 Å². The van der Waals surface area contributed by atoms with Crippen LogP contribution in [0.4, 0.5) is 0 Å². The molecule has 25 heavy (non-hydrogen) atoms. The maximum atomic E-state index is 12.1. The summed E-state index contributed by atoms with van der Waals surface area (Å²) >= 11 is 3.35. The molecule has 0 aliphatic rings. The van der Waals surface area contributed by atoms with Gasteiger partial charge in [0.2, 0.25) is 0 Å². The van der Waals surface area contributed by atoms with Crippen molar-refractivity contribution in [1.29, 1.82) is 0 Å². The fraction of sp³-hybridized carbons (Fsp3) is 0.300. The van der Waals surface area contributed by atoms with E-state index in [2.05, 4.69) is 21.2 Å². The third-order valence-electron chi connectivity index (χ3n) is 3.85. The summed E-state index contributed by atoms with van der Waals surface area (Å²) in [7, 11) is 0. The van der Waals surface area contributed by atoms with E-state index in [-0.39, 0.29) is 25.0 Å². The zero-order valence-corrected chi connectivity index (χ0v) is 16.0. The number of benzene rings is 2. The number of ether oxygens (including phenoxy) is 1. The van der Waals surface area contributed by atoms with Gasteiger partial charge in [0, 0.05) is 4.47 Å². The first kappa shape index (κ1) is 19.2. The van der Waals surface area contributed by atoms with E-state index in [1.807, 2.05) is 62.4 Å². The van der Waals surface area contributed by atoms with Gasteiger partial charge in [0.05, 0.1) is 12.5 Å². The Morgan fingerprint density at radius 3 is 2.32 bits per heavy atom. The first-order valence-corrected chi connectivity index (χ1v) is 9.03. The molecule has 4 nitrogen and oxygen atoms in total. The predicted octanol–water partition coefficient (Wildman–Crippen LogP) is 4.11. The normalized spacial score (nSPS) is 11.6. The lowest BCUT2D eigenvalue weighted by molar-refractivity contribution is -0.148. The van der Waals surface area contributed by atoms with Gasteiger partial charge in [-0.05, 0) is 36.6 Å². The van der Waals surface area contributed by atoms with Gasteiger partial charge >= 0.3 is 5.97 Å². The van der Waals surface area contributed by atoms with Crippen molar-refractivity contribution in [3.8, 4) is 0 Å². The summed E-state index contributed by atoms with van der Waals surface area (Å²) in [5.74, 6) is -0.711. The standard InChI is InChI=1S/C20H22BrNO3/c1-3-18(16-8-4-14(2)5-9-16)22-19(23)13-25-20(24)12-15-6-10-17(21)11-7-15/h4-11,18H,3,12-13H2,1-2H3,(H,22,23)/t18-/m1/s1. The number of hydrogen-bond donors (Lipinski definition) is 1. The minimum absolute atomic E-state index is 0.0849. The predicted molar refractivity (Wildman–Crippen MR) is 101 cm³/mol. The molecule has 132 valence electrons. The van der Waals surface area contributed by atoms with Crippen molar-refractivity contribution in [3.05, 3.63) is 69.7 Å². The second-order valence-electron chi connectivity index (χ2n) is 5.90. The van der Waals surface area contributed by atoms with Crippen LogP contribution in [0.25, 0.3) is 0 Å². The quantitative estimate of drug-likeness (QED) is 0.707. The van der Waals surface area contributed by atoms with Crippen LogP contribution in [0, 0.1) is 6.92 Å². The fourth-order valence-corrected chi connectivity index (χ4v) is 2.69. The van der Waals surface area contributed by atoms with Crippen LogP contribution in [0.2, 0.25) is 0 Å². The minimum Gasteiger partial charge on any atom is -0.455 e. The third kappa shape index (κ3) is 6.35. The Hall–Kier alpha value is -2.14. The summed E-state index contributed by atoms with van der Waals surface area (Å²) in [5.41, 5.74) is 3.06. The van der Waals surface area contributed by atoms with E-state index in [1.165, 1.54) is 5.56 Å². The van der Waals surface area contributed by atoms with Crippen molar-refractivity contribution >= 4 is 27.8 Å². The first-order valence-electron chi connectivity index (χ1n) is 8.24. The van der Waals surface area contributed by atoms with E-state index in [0.29, 0.717) is 0 Å². The van der Waals surface area contributed by atoms with Gasteiger partial charge in [-0.25, -0.2) is 0 Å². The molecule has 0 heterocycles. The molecule has 2 aromatic rings. The molecule has 0 radical (unpaired) electrons. The Balaban J connectivity index is 1.81. The molecule has 0 spiro atoms. The molecule has 0 aliphatic heterocycles. The molecule has 0 aliphatic carbocycles. The second-order valence-corrected chi connectivity index (χ2v) is 6.82. The highest BCUT2D eigenvalue weighted by molar-refractivity contribution is 9.10. The van der Waals surface area contributed by atoms with E-state index in [1.54, 1.807) is 0 Å². The Morgan fingerprint density at radius 1 is 1.08 bits per heavy atom. The third-order valence-corrected chi connectivity index (χ3v) is 4.38. The van der Waals surface area contributed by atoms with Crippen LogP contribution in [0.3, 0.4) is 0 Å². The van der Waals surface area contributed by atoms with Crippen molar-refractivity contribution in [1.82, 2.24) is 5.32 Å². The van der Waals surface area contributed by atoms with E-state index < -0.39 is 5.97 Å². The second kappa shape index (κ2) is 9.37. The zero-order chi connectivity index (χ0) is 18.2. The number of nitrogens with one attached hydrogen (secondary N) is 1. The van der Waals surface area contributed by atoms with Crippen molar-refractivity contribution in [2.75, 3.05) is 6.61 Å². The summed E-state index contributed by atoms with van der Waals surface area (Å²) in [5, 5.41) is 2.91. The number of aryl methyl sites for hydroxylation is 1. The lowest BCUT2D eigenvalue weighted by atomic mass is 10.0. The van der Waals surface area contributed by atoms with Crippen molar-refractivity contribution in [3.63, 3.8) is 0 Å². The molecule has 1 amide bonds. The Labute approximate surface area is 156 Å². The molecule has 1 N–H and O–H groups in total. The molecule has 0 bridgehead atoms. The number of carbonyl (C=O) groups is 2. The van der Waals surface area contributed by atoms with Crippen LogP contribution in [-0.4, -0.2) is 18.5 Å². The molecule has 0 saturated heterocycles. The minimum atomic E-state index is -0.416. The molecular weight excluding hydrogens is 382 g/mol. The van der Waals surface area contributed by atoms with Gasteiger partial charge in [-0.2, -0.15) is 0 Å². The van der Waals surface area contributed by atoms with Gasteiger partial charge in [0.25, 0.3) is 5.91 Å². The van der Waals surface area contributed by atoms with Crippen LogP contribution in [0.15, 0.2) is 53.0 Å². The van der Waals surface area contributed by atoms with E-state index in [4.69, 9.17) is 4.74 Å². The summed E-state index contributed by atoms with van der Waals surface area (Å²) < 4.78 is 6.03. The van der Waals surface area contributed by atoms with Crippen molar-refractivity contribution in [2.45, 2.75) is 32.7 Å². The summed E-state index contributed by atoms with van der Waals surface area (Å²) in [6, 6.07) is 15.4. The lowest BCUT2D eigenvalue weighted by Gasteiger charge is -2.17. The Morgan fingerprint density at radius 2 is 1.72 bits per heavy atom. The summed E-state index contributed by atoms with van der Waals surface area (Å²) in [4.78, 5) is 23.9. The highest BCUT2D eigenvalue weighted by atomic mass is 79.9. The van der Waals surface area contributed by atoms with Gasteiger partial charge in [-0.3, -0.25) is 9.59 Å². The van der Waals surface area contributed by atoms with Gasteiger partial charge in [-0.15, -0.1) is 0 Å². The number of amides is 1. The number of rotatable bonds is 7. The molecule has 0 saturated carbocycles. The van der Waals surface area contributed by atoms with Gasteiger partial charge in [-0.1, -0.05) is 64.8 Å². The first-order chi connectivity index (χ1) is 12.0. The maximum Gasteiger partial charge on any atom is 0.310 e. The fourth-order valence-electron chi connectivity index (χ4n) is 2.42. The largest absolute Gasteiger partial charge is 0.455 e. The number of hydrogen-bond acceptors (Lipinski definition) is 3. The number of halogens is 1. The van der Waals surface area contributed by atoms with Crippen molar-refractivity contribution in [2.24, 2.45) is 0 Å². The van der Waals surface area contributed by atoms with Crippen LogP contribution >= 0.6 is 15.9 Å². The van der Waals surface area contributed by atoms with Gasteiger partial charge in [0.15, 0.2) is 6.61 Å². The van der Waals surface area contributed by atoms with E-state index in [0.717, 1.165) is 22.0 Å². The van der Waals surface area contributed by atoms with E-state index >= 15 is 0 Å². The molecule has 2 aromatic carbocycles. The molecule has 1 atom stereocenters. The lowest BCUT2D eigenvalue weighted by Crippen LogP contribution is -2.32. The van der Waals surface area contributed by atoms with Crippen molar-refractivity contribution < 1.29 is 14.3 Å². The summed E-state index contributed by atoms with van der Waals surface area (Å²) in [6.07, 6.45) is 0.914. The zero-order valence-electron chi connectivity index (χ0n) is 14.4. The van der Waals surface area contributed by atoms with Crippen LogP contribution in [-0.2, 0) is 20.7 Å². The van der Waals surface area contributed by atoms with Crippen LogP contribution in [0.5, 0.6) is 0 Å². The average Bonchev–Trinajstić information content (AvgIpc) is 2.61. The smallest absolute Gasteiger partial charge is 0.310 e. The Kier molecular flexibility index (Phi) is 7.19. The number of esters is 1. The van der Waals surface area contributed by atoms with Crippen LogP contribution in [0.1, 0.15) is 36.1 Å². The molecule has 0 unspecified atom stereocenters. The average molecular weight is 404 g/mol. The Bertz CT molecular complexity index is 711.